The van der Waals surface area contributed by atoms with Crippen molar-refractivity contribution in [2.24, 2.45) is 5.73 Å². The molecule has 5 heteroatoms. The number of amides is 3. The molecule has 3 N–H and O–H groups in total. The van der Waals surface area contributed by atoms with Gasteiger partial charge in [-0.25, -0.2) is 4.79 Å². The number of carbonyl (C=O) groups excluding carboxylic acids is 2. The highest BCUT2D eigenvalue weighted by Gasteiger charge is 2.14. The predicted molar refractivity (Wildman–Crippen MR) is 64.0 cm³/mol. The predicted octanol–water partition coefficient (Wildman–Crippen LogP) is 1.08. The van der Waals surface area contributed by atoms with Crippen LogP contribution in [0.1, 0.15) is 39.5 Å². The summed E-state index contributed by atoms with van der Waals surface area (Å²) in [4.78, 5) is 23.9. The summed E-state index contributed by atoms with van der Waals surface area (Å²) in [6, 6.07) is -0.194. The molecule has 0 atom stereocenters. The van der Waals surface area contributed by atoms with E-state index >= 15 is 0 Å². The minimum Gasteiger partial charge on any atom is -0.368 e. The number of hydrogen-bond acceptors (Lipinski definition) is 2. The van der Waals surface area contributed by atoms with Gasteiger partial charge < -0.3 is 16.0 Å². The van der Waals surface area contributed by atoms with Crippen molar-refractivity contribution in [2.45, 2.75) is 39.5 Å². The quantitative estimate of drug-likeness (QED) is 0.611. The molecule has 3 amide bonds. The summed E-state index contributed by atoms with van der Waals surface area (Å²) in [5.74, 6) is -0.471. The fourth-order valence-electron chi connectivity index (χ4n) is 1.27. The molecule has 5 nitrogen and oxygen atoms in total. The number of hydrogen-bond donors (Lipinski definition) is 2. The van der Waals surface area contributed by atoms with Crippen LogP contribution in [0.2, 0.25) is 0 Å². The van der Waals surface area contributed by atoms with Crippen LogP contribution in [0.3, 0.4) is 0 Å². The summed E-state index contributed by atoms with van der Waals surface area (Å²) in [6.45, 7) is 5.33. The zero-order chi connectivity index (χ0) is 12.4. The Hall–Kier alpha value is -1.26. The molecule has 0 radical (unpaired) electrons. The minimum atomic E-state index is -0.471. The van der Waals surface area contributed by atoms with E-state index in [4.69, 9.17) is 5.73 Å². The van der Waals surface area contributed by atoms with Gasteiger partial charge in [-0.15, -0.1) is 0 Å². The molecular formula is C11H23N3O2. The molecule has 0 rings (SSSR count). The number of unbranched alkanes of at least 4 members (excludes halogenated alkanes) is 2. The van der Waals surface area contributed by atoms with Crippen LogP contribution in [-0.4, -0.2) is 36.5 Å². The van der Waals surface area contributed by atoms with Gasteiger partial charge in [-0.3, -0.25) is 4.79 Å². The molecule has 16 heavy (non-hydrogen) atoms. The largest absolute Gasteiger partial charge is 0.368 e. The summed E-state index contributed by atoms with van der Waals surface area (Å²) in [6.07, 6.45) is 3.85. The SMILES string of the molecule is CCCCNC(=O)N(CCCC)CC(N)=O. The van der Waals surface area contributed by atoms with Gasteiger partial charge in [0, 0.05) is 13.1 Å². The van der Waals surface area contributed by atoms with E-state index in [0.717, 1.165) is 25.7 Å². The highest BCUT2D eigenvalue weighted by molar-refractivity contribution is 5.82. The van der Waals surface area contributed by atoms with Crippen LogP contribution >= 0.6 is 0 Å². The molecule has 0 unspecified atom stereocenters. The molecule has 0 fully saturated rings. The Morgan fingerprint density at radius 2 is 1.81 bits per heavy atom. The van der Waals surface area contributed by atoms with Crippen molar-refractivity contribution in [3.63, 3.8) is 0 Å². The van der Waals surface area contributed by atoms with E-state index in [1.165, 1.54) is 4.90 Å². The fraction of sp³-hybridized carbons (Fsp3) is 0.818. The molecule has 0 aromatic carbocycles. The number of nitrogens with one attached hydrogen (secondary N) is 1. The van der Waals surface area contributed by atoms with E-state index in [-0.39, 0.29) is 12.6 Å². The Morgan fingerprint density at radius 3 is 2.31 bits per heavy atom. The number of nitrogens with zero attached hydrogens (tertiary/aromatic N) is 1. The van der Waals surface area contributed by atoms with Gasteiger partial charge in [0.25, 0.3) is 0 Å². The summed E-state index contributed by atoms with van der Waals surface area (Å²) in [5.41, 5.74) is 5.10. The molecule has 0 saturated heterocycles. The number of nitrogens with two attached hydrogens (primary N) is 1. The Morgan fingerprint density at radius 1 is 1.19 bits per heavy atom. The second-order valence-corrected chi connectivity index (χ2v) is 3.83. The minimum absolute atomic E-state index is 0.00203. The average molecular weight is 229 g/mol. The van der Waals surface area contributed by atoms with Crippen LogP contribution in [-0.2, 0) is 4.79 Å². The van der Waals surface area contributed by atoms with Crippen LogP contribution in [0.25, 0.3) is 0 Å². The first-order chi connectivity index (χ1) is 7.61. The van der Waals surface area contributed by atoms with Gasteiger partial charge in [0.15, 0.2) is 0 Å². The van der Waals surface area contributed by atoms with Gasteiger partial charge in [-0.05, 0) is 12.8 Å². The monoisotopic (exact) mass is 229 g/mol. The fourth-order valence-corrected chi connectivity index (χ4v) is 1.27. The van der Waals surface area contributed by atoms with Crippen molar-refractivity contribution in [3.05, 3.63) is 0 Å². The van der Waals surface area contributed by atoms with E-state index in [9.17, 15) is 9.59 Å². The zero-order valence-electron chi connectivity index (χ0n) is 10.3. The lowest BCUT2D eigenvalue weighted by atomic mass is 10.3. The number of primary amides is 1. The van der Waals surface area contributed by atoms with Gasteiger partial charge >= 0.3 is 6.03 Å². The molecule has 0 aromatic heterocycles. The highest BCUT2D eigenvalue weighted by Crippen LogP contribution is 1.96. The lowest BCUT2D eigenvalue weighted by molar-refractivity contribution is -0.118. The molecular weight excluding hydrogens is 206 g/mol. The second kappa shape index (κ2) is 9.00. The Kier molecular flexibility index (Phi) is 8.29. The first-order valence-corrected chi connectivity index (χ1v) is 5.92. The summed E-state index contributed by atoms with van der Waals surface area (Å²) < 4.78 is 0. The maximum atomic E-state index is 11.7. The van der Waals surface area contributed by atoms with E-state index in [1.807, 2.05) is 6.92 Å². The molecule has 0 aliphatic rings. The zero-order valence-corrected chi connectivity index (χ0v) is 10.3. The molecule has 0 saturated carbocycles. The number of rotatable bonds is 8. The number of carbonyl (C=O) groups is 2. The maximum absolute atomic E-state index is 11.7. The van der Waals surface area contributed by atoms with Crippen molar-refractivity contribution >= 4 is 11.9 Å². The molecule has 0 spiro atoms. The van der Waals surface area contributed by atoms with E-state index in [2.05, 4.69) is 12.2 Å². The van der Waals surface area contributed by atoms with Gasteiger partial charge in [0.2, 0.25) is 5.91 Å². The van der Waals surface area contributed by atoms with Crippen LogP contribution in [0.5, 0.6) is 0 Å². The summed E-state index contributed by atoms with van der Waals surface area (Å²) >= 11 is 0. The van der Waals surface area contributed by atoms with Crippen molar-refractivity contribution in [3.8, 4) is 0 Å². The lowest BCUT2D eigenvalue weighted by Gasteiger charge is -2.21. The first-order valence-electron chi connectivity index (χ1n) is 5.92. The van der Waals surface area contributed by atoms with Crippen LogP contribution in [0.15, 0.2) is 0 Å². The molecule has 94 valence electrons. The first kappa shape index (κ1) is 14.7. The van der Waals surface area contributed by atoms with Gasteiger partial charge in [-0.1, -0.05) is 26.7 Å². The highest BCUT2D eigenvalue weighted by atomic mass is 16.2. The standard InChI is InChI=1S/C11H23N3O2/c1-3-5-7-13-11(16)14(8-6-4-2)9-10(12)15/h3-9H2,1-2H3,(H2,12,15)(H,13,16). The second-order valence-electron chi connectivity index (χ2n) is 3.83. The van der Waals surface area contributed by atoms with Gasteiger partial charge in [-0.2, -0.15) is 0 Å². The lowest BCUT2D eigenvalue weighted by Crippen LogP contribution is -2.45. The Labute approximate surface area is 97.4 Å². The van der Waals surface area contributed by atoms with Crippen molar-refractivity contribution in [2.75, 3.05) is 19.6 Å². The molecule has 0 heterocycles. The molecule has 0 aromatic rings. The maximum Gasteiger partial charge on any atom is 0.317 e. The summed E-state index contributed by atoms with van der Waals surface area (Å²) in [5, 5.41) is 2.78. The third kappa shape index (κ3) is 7.09. The normalized spacial score (nSPS) is 9.88. The topological polar surface area (TPSA) is 75.4 Å². The van der Waals surface area contributed by atoms with E-state index < -0.39 is 5.91 Å². The van der Waals surface area contributed by atoms with Crippen LogP contribution < -0.4 is 11.1 Å². The van der Waals surface area contributed by atoms with E-state index in [0.29, 0.717) is 13.1 Å². The number of urea groups is 1. The van der Waals surface area contributed by atoms with E-state index in [1.54, 1.807) is 0 Å². The molecule has 0 bridgehead atoms. The third-order valence-corrected chi connectivity index (χ3v) is 2.22. The van der Waals surface area contributed by atoms with Crippen molar-refractivity contribution < 1.29 is 9.59 Å². The van der Waals surface area contributed by atoms with Crippen molar-refractivity contribution in [1.29, 1.82) is 0 Å². The molecule has 0 aliphatic heterocycles. The summed E-state index contributed by atoms with van der Waals surface area (Å²) in [7, 11) is 0. The van der Waals surface area contributed by atoms with Crippen molar-refractivity contribution in [1.82, 2.24) is 10.2 Å². The molecule has 0 aliphatic carbocycles. The van der Waals surface area contributed by atoms with Crippen LogP contribution in [0, 0.1) is 0 Å². The Balaban J connectivity index is 4.04. The third-order valence-electron chi connectivity index (χ3n) is 2.22. The Bertz CT molecular complexity index is 219. The smallest absolute Gasteiger partial charge is 0.317 e. The van der Waals surface area contributed by atoms with Gasteiger partial charge in [0.05, 0.1) is 0 Å². The average Bonchev–Trinajstić information content (AvgIpc) is 2.23. The van der Waals surface area contributed by atoms with Gasteiger partial charge in [0.1, 0.15) is 6.54 Å². The van der Waals surface area contributed by atoms with Crippen LogP contribution in [0.4, 0.5) is 4.79 Å².